The highest BCUT2D eigenvalue weighted by Gasteiger charge is 2.15. The van der Waals surface area contributed by atoms with E-state index in [2.05, 4.69) is 18.8 Å². The van der Waals surface area contributed by atoms with Crippen molar-refractivity contribution in [2.24, 2.45) is 10.7 Å². The Hall–Kier alpha value is -0.530. The van der Waals surface area contributed by atoms with Gasteiger partial charge >= 0.3 is 5.97 Å². The third-order valence-electron chi connectivity index (χ3n) is 3.07. The van der Waals surface area contributed by atoms with Crippen LogP contribution in [0.3, 0.4) is 0 Å². The molecule has 132 valence electrons. The van der Waals surface area contributed by atoms with Gasteiger partial charge in [-0.05, 0) is 47.5 Å². The molecule has 6 heteroatoms. The van der Waals surface area contributed by atoms with Gasteiger partial charge in [0.25, 0.3) is 0 Å². The molecule has 0 amide bonds. The largest absolute Gasteiger partial charge is 0.460 e. The molecule has 0 rings (SSSR count). The maximum absolute atomic E-state index is 11.5. The zero-order valence-corrected chi connectivity index (χ0v) is 17.2. The van der Waals surface area contributed by atoms with Gasteiger partial charge in [0.05, 0.1) is 0 Å². The first-order valence-electron chi connectivity index (χ1n) is 8.06. The summed E-state index contributed by atoms with van der Waals surface area (Å²) in [5, 5.41) is 0. The number of rotatable bonds is 9. The third kappa shape index (κ3) is 13.2. The predicted molar refractivity (Wildman–Crippen MR) is 104 cm³/mol. The van der Waals surface area contributed by atoms with E-state index in [1.807, 2.05) is 25.7 Å². The number of unbranched alkanes of at least 4 members (excludes halogenated alkanes) is 3. The van der Waals surface area contributed by atoms with Crippen molar-refractivity contribution in [1.29, 1.82) is 0 Å². The van der Waals surface area contributed by atoms with Crippen LogP contribution in [-0.4, -0.2) is 42.1 Å². The maximum atomic E-state index is 11.5. The molecule has 0 unspecified atom stereocenters. The summed E-state index contributed by atoms with van der Waals surface area (Å²) >= 11 is 0. The monoisotopic (exact) mass is 427 g/mol. The fourth-order valence-electron chi connectivity index (χ4n) is 1.97. The number of carbonyl (C=O) groups excluding carboxylic acids is 1. The highest BCUT2D eigenvalue weighted by atomic mass is 127. The van der Waals surface area contributed by atoms with Gasteiger partial charge in [-0.15, -0.1) is 24.0 Å². The molecule has 0 saturated heterocycles. The lowest BCUT2D eigenvalue weighted by atomic mass is 10.1. The first kappa shape index (κ1) is 23.7. The highest BCUT2D eigenvalue weighted by Crippen LogP contribution is 2.11. The molecule has 0 aromatic carbocycles. The second-order valence-corrected chi connectivity index (χ2v) is 6.16. The van der Waals surface area contributed by atoms with E-state index in [0.29, 0.717) is 12.4 Å². The quantitative estimate of drug-likeness (QED) is 0.201. The first-order valence-corrected chi connectivity index (χ1v) is 8.06. The molecule has 0 bridgehead atoms. The number of esters is 1. The van der Waals surface area contributed by atoms with E-state index in [1.165, 1.54) is 0 Å². The van der Waals surface area contributed by atoms with Crippen LogP contribution in [0.15, 0.2) is 4.99 Å². The summed E-state index contributed by atoms with van der Waals surface area (Å²) in [5.41, 5.74) is 5.51. The average Bonchev–Trinajstić information content (AvgIpc) is 2.37. The van der Waals surface area contributed by atoms with Gasteiger partial charge < -0.3 is 15.4 Å². The van der Waals surface area contributed by atoms with Gasteiger partial charge in [0.1, 0.15) is 5.60 Å². The molecule has 0 aliphatic heterocycles. The van der Waals surface area contributed by atoms with Crippen LogP contribution in [0.25, 0.3) is 0 Å². The van der Waals surface area contributed by atoms with Gasteiger partial charge in [0.2, 0.25) is 0 Å². The fraction of sp³-hybridized carbons (Fsp3) is 0.875. The molecule has 22 heavy (non-hydrogen) atoms. The summed E-state index contributed by atoms with van der Waals surface area (Å²) in [6.45, 7) is 12.4. The molecular formula is C16H34IN3O2. The standard InChI is InChI=1S/C16H33N3O2.HI/c1-6-19(7-2)15(17)18-13-11-9-8-10-12-14(20)21-16(3,4)5;/h6-13H2,1-5H3,(H2,17,18);1H. The van der Waals surface area contributed by atoms with Crippen LogP contribution >= 0.6 is 24.0 Å². The fourth-order valence-corrected chi connectivity index (χ4v) is 1.97. The summed E-state index contributed by atoms with van der Waals surface area (Å²) < 4.78 is 5.27. The normalized spacial score (nSPS) is 11.8. The molecule has 0 aliphatic rings. The molecule has 0 atom stereocenters. The number of halogens is 1. The van der Waals surface area contributed by atoms with E-state index < -0.39 is 0 Å². The summed E-state index contributed by atoms with van der Waals surface area (Å²) in [6, 6.07) is 0. The lowest BCUT2D eigenvalue weighted by Gasteiger charge is -2.19. The van der Waals surface area contributed by atoms with Crippen molar-refractivity contribution in [2.45, 2.75) is 72.3 Å². The number of guanidine groups is 1. The summed E-state index contributed by atoms with van der Waals surface area (Å²) in [5.74, 6) is 0.528. The molecule has 0 aliphatic carbocycles. The van der Waals surface area contributed by atoms with Gasteiger partial charge in [-0.25, -0.2) is 0 Å². The minimum atomic E-state index is -0.381. The van der Waals surface area contributed by atoms with Crippen LogP contribution in [0, 0.1) is 0 Å². The smallest absolute Gasteiger partial charge is 0.306 e. The van der Waals surface area contributed by atoms with Gasteiger partial charge in [-0.1, -0.05) is 12.8 Å². The summed E-state index contributed by atoms with van der Waals surface area (Å²) in [6.07, 6.45) is 4.49. The first-order chi connectivity index (χ1) is 9.80. The topological polar surface area (TPSA) is 67.9 Å². The van der Waals surface area contributed by atoms with Crippen LogP contribution in [0.2, 0.25) is 0 Å². The molecule has 5 nitrogen and oxygen atoms in total. The lowest BCUT2D eigenvalue weighted by Crippen LogP contribution is -2.37. The molecule has 0 aromatic rings. The van der Waals surface area contributed by atoms with E-state index in [-0.39, 0.29) is 35.5 Å². The summed E-state index contributed by atoms with van der Waals surface area (Å²) in [4.78, 5) is 17.9. The molecule has 0 aromatic heterocycles. The number of hydrogen-bond acceptors (Lipinski definition) is 3. The number of ether oxygens (including phenoxy) is 1. The molecule has 0 heterocycles. The third-order valence-corrected chi connectivity index (χ3v) is 3.07. The molecule has 0 saturated carbocycles. The van der Waals surface area contributed by atoms with Crippen molar-refractivity contribution in [1.82, 2.24) is 4.90 Å². The van der Waals surface area contributed by atoms with Crippen LogP contribution in [0.5, 0.6) is 0 Å². The van der Waals surface area contributed by atoms with E-state index in [4.69, 9.17) is 10.5 Å². The van der Waals surface area contributed by atoms with Crippen molar-refractivity contribution in [2.75, 3.05) is 19.6 Å². The number of aliphatic imine (C=N–C) groups is 1. The average molecular weight is 427 g/mol. The Labute approximate surface area is 153 Å². The second kappa shape index (κ2) is 13.0. The van der Waals surface area contributed by atoms with Gasteiger partial charge in [-0.3, -0.25) is 9.79 Å². The van der Waals surface area contributed by atoms with Crippen molar-refractivity contribution in [3.63, 3.8) is 0 Å². The lowest BCUT2D eigenvalue weighted by molar-refractivity contribution is -0.154. The Morgan fingerprint density at radius 2 is 1.64 bits per heavy atom. The second-order valence-electron chi connectivity index (χ2n) is 6.16. The van der Waals surface area contributed by atoms with Crippen molar-refractivity contribution in [3.8, 4) is 0 Å². The Morgan fingerprint density at radius 1 is 1.09 bits per heavy atom. The molecule has 0 spiro atoms. The number of nitrogens with two attached hydrogens (primary N) is 1. The highest BCUT2D eigenvalue weighted by molar-refractivity contribution is 14.0. The minimum absolute atomic E-state index is 0. The van der Waals surface area contributed by atoms with Crippen LogP contribution in [-0.2, 0) is 9.53 Å². The molecular weight excluding hydrogens is 393 g/mol. The zero-order chi connectivity index (χ0) is 16.3. The van der Waals surface area contributed by atoms with E-state index in [9.17, 15) is 4.79 Å². The Morgan fingerprint density at radius 3 is 2.14 bits per heavy atom. The van der Waals surface area contributed by atoms with Gasteiger partial charge in [0.15, 0.2) is 5.96 Å². The predicted octanol–water partition coefficient (Wildman–Crippen LogP) is 3.55. The number of carbonyl (C=O) groups is 1. The molecule has 2 N–H and O–H groups in total. The van der Waals surface area contributed by atoms with E-state index >= 15 is 0 Å². The summed E-state index contributed by atoms with van der Waals surface area (Å²) in [7, 11) is 0. The Bertz CT molecular complexity index is 324. The number of nitrogens with zero attached hydrogens (tertiary/aromatic N) is 2. The number of hydrogen-bond donors (Lipinski definition) is 1. The molecule has 0 radical (unpaired) electrons. The molecule has 0 fully saturated rings. The van der Waals surface area contributed by atoms with Crippen molar-refractivity contribution in [3.05, 3.63) is 0 Å². The van der Waals surface area contributed by atoms with Crippen molar-refractivity contribution < 1.29 is 9.53 Å². The Kier molecular flexibility index (Phi) is 14.0. The van der Waals surface area contributed by atoms with E-state index in [0.717, 1.165) is 45.3 Å². The minimum Gasteiger partial charge on any atom is -0.460 e. The van der Waals surface area contributed by atoms with Crippen molar-refractivity contribution >= 4 is 35.9 Å². The Balaban J connectivity index is 0. The van der Waals surface area contributed by atoms with Crippen LogP contribution < -0.4 is 5.73 Å². The zero-order valence-electron chi connectivity index (χ0n) is 14.9. The van der Waals surface area contributed by atoms with Gasteiger partial charge in [0, 0.05) is 26.1 Å². The van der Waals surface area contributed by atoms with E-state index in [1.54, 1.807) is 0 Å². The SMILES string of the molecule is CCN(CC)C(N)=NCCCCCCC(=O)OC(C)(C)C.I. The van der Waals surface area contributed by atoms with Crippen LogP contribution in [0.1, 0.15) is 66.7 Å². The maximum Gasteiger partial charge on any atom is 0.306 e. The van der Waals surface area contributed by atoms with Crippen LogP contribution in [0.4, 0.5) is 0 Å². The van der Waals surface area contributed by atoms with Gasteiger partial charge in [-0.2, -0.15) is 0 Å².